The summed E-state index contributed by atoms with van der Waals surface area (Å²) in [6.07, 6.45) is 1.64. The van der Waals surface area contributed by atoms with Crippen molar-refractivity contribution in [3.05, 3.63) is 71.5 Å². The van der Waals surface area contributed by atoms with Crippen molar-refractivity contribution < 1.29 is 14.3 Å². The molecule has 2 aromatic carbocycles. The molecule has 0 saturated carbocycles. The molecule has 3 rings (SSSR count). The predicted octanol–water partition coefficient (Wildman–Crippen LogP) is 4.99. The molecular formula is C24H27ClN4O3S. The highest BCUT2D eigenvalue weighted by atomic mass is 35.5. The third kappa shape index (κ3) is 6.52. The van der Waals surface area contributed by atoms with Crippen molar-refractivity contribution in [3.8, 4) is 17.2 Å². The lowest BCUT2D eigenvalue weighted by Crippen LogP contribution is -2.31. The molecule has 0 aliphatic rings. The molecule has 1 heterocycles. The molecule has 1 unspecified atom stereocenters. The van der Waals surface area contributed by atoms with E-state index >= 15 is 0 Å². The standard InChI is InChI=1S/C24H27ClN4O3S/c1-5-13-26-23(30)17(4)33-24-28-27-22(29(24)18-8-7-16(3)21(25)14-18)15-32-20-11-9-19(10-12-20)31-6-2/h5,7-12,14,17H,1,6,13,15H2,2-4H3,(H,26,30). The van der Waals surface area contributed by atoms with Gasteiger partial charge >= 0.3 is 0 Å². The van der Waals surface area contributed by atoms with Crippen LogP contribution in [0.1, 0.15) is 25.2 Å². The third-order valence-electron chi connectivity index (χ3n) is 4.69. The number of ether oxygens (including phenoxy) is 2. The average molecular weight is 487 g/mol. The van der Waals surface area contributed by atoms with Crippen LogP contribution >= 0.6 is 23.4 Å². The van der Waals surface area contributed by atoms with Gasteiger partial charge in [-0.1, -0.05) is 35.5 Å². The molecule has 0 radical (unpaired) electrons. The fraction of sp³-hybridized carbons (Fsp3) is 0.292. The summed E-state index contributed by atoms with van der Waals surface area (Å²) in [6.45, 7) is 10.5. The van der Waals surface area contributed by atoms with Crippen LogP contribution in [0.25, 0.3) is 5.69 Å². The van der Waals surface area contributed by atoms with Gasteiger partial charge in [-0.25, -0.2) is 0 Å². The zero-order valence-electron chi connectivity index (χ0n) is 18.9. The highest BCUT2D eigenvalue weighted by molar-refractivity contribution is 8.00. The van der Waals surface area contributed by atoms with E-state index in [4.69, 9.17) is 21.1 Å². The Morgan fingerprint density at radius 3 is 2.55 bits per heavy atom. The monoisotopic (exact) mass is 486 g/mol. The Bertz CT molecular complexity index is 1100. The fourth-order valence-electron chi connectivity index (χ4n) is 2.93. The van der Waals surface area contributed by atoms with Crippen molar-refractivity contribution in [1.82, 2.24) is 20.1 Å². The van der Waals surface area contributed by atoms with Gasteiger partial charge in [0.1, 0.15) is 18.1 Å². The van der Waals surface area contributed by atoms with Gasteiger partial charge in [0.05, 0.1) is 17.5 Å². The largest absolute Gasteiger partial charge is 0.494 e. The molecule has 7 nitrogen and oxygen atoms in total. The van der Waals surface area contributed by atoms with Crippen LogP contribution in [-0.2, 0) is 11.4 Å². The molecule has 3 aromatic rings. The van der Waals surface area contributed by atoms with Crippen molar-refractivity contribution in [3.63, 3.8) is 0 Å². The number of carbonyl (C=O) groups excluding carboxylic acids is 1. The van der Waals surface area contributed by atoms with E-state index in [0.29, 0.717) is 34.9 Å². The van der Waals surface area contributed by atoms with E-state index in [-0.39, 0.29) is 17.8 Å². The van der Waals surface area contributed by atoms with Gasteiger partial charge in [0.25, 0.3) is 0 Å². The first-order valence-corrected chi connectivity index (χ1v) is 11.8. The fourth-order valence-corrected chi connectivity index (χ4v) is 4.01. The maximum absolute atomic E-state index is 12.4. The predicted molar refractivity (Wildman–Crippen MR) is 132 cm³/mol. The smallest absolute Gasteiger partial charge is 0.233 e. The lowest BCUT2D eigenvalue weighted by atomic mass is 10.2. The summed E-state index contributed by atoms with van der Waals surface area (Å²) < 4.78 is 13.3. The molecule has 33 heavy (non-hydrogen) atoms. The van der Waals surface area contributed by atoms with Crippen LogP contribution in [0.3, 0.4) is 0 Å². The van der Waals surface area contributed by atoms with Crippen LogP contribution in [0.15, 0.2) is 60.3 Å². The first kappa shape index (κ1) is 24.7. The summed E-state index contributed by atoms with van der Waals surface area (Å²) >= 11 is 7.70. The molecule has 0 bridgehead atoms. The van der Waals surface area contributed by atoms with Crippen LogP contribution in [0.2, 0.25) is 5.02 Å². The number of nitrogens with one attached hydrogen (secondary N) is 1. The summed E-state index contributed by atoms with van der Waals surface area (Å²) in [4.78, 5) is 12.4. The summed E-state index contributed by atoms with van der Waals surface area (Å²) in [6, 6.07) is 13.1. The van der Waals surface area contributed by atoms with Gasteiger partial charge in [0.15, 0.2) is 11.0 Å². The highest BCUT2D eigenvalue weighted by Crippen LogP contribution is 2.29. The Kier molecular flexibility index (Phi) is 8.79. The molecular weight excluding hydrogens is 460 g/mol. The Morgan fingerprint density at radius 2 is 1.91 bits per heavy atom. The summed E-state index contributed by atoms with van der Waals surface area (Å²) in [5.41, 5.74) is 1.76. The minimum absolute atomic E-state index is 0.108. The molecule has 1 N–H and O–H groups in total. The molecule has 0 aliphatic carbocycles. The molecule has 1 amide bonds. The van der Waals surface area contributed by atoms with Gasteiger partial charge in [-0.15, -0.1) is 16.8 Å². The molecule has 0 fully saturated rings. The topological polar surface area (TPSA) is 78.3 Å². The van der Waals surface area contributed by atoms with Crippen LogP contribution in [0.4, 0.5) is 0 Å². The van der Waals surface area contributed by atoms with Crippen LogP contribution in [-0.4, -0.2) is 39.1 Å². The molecule has 1 atom stereocenters. The van der Waals surface area contributed by atoms with E-state index in [1.54, 1.807) is 6.08 Å². The van der Waals surface area contributed by atoms with Crippen LogP contribution < -0.4 is 14.8 Å². The van der Waals surface area contributed by atoms with E-state index in [0.717, 1.165) is 17.0 Å². The molecule has 0 saturated heterocycles. The first-order valence-electron chi connectivity index (χ1n) is 10.5. The number of aromatic nitrogens is 3. The third-order valence-corrected chi connectivity index (χ3v) is 6.14. The van der Waals surface area contributed by atoms with Crippen LogP contribution in [0, 0.1) is 6.92 Å². The first-order chi connectivity index (χ1) is 15.9. The number of aryl methyl sites for hydroxylation is 1. The lowest BCUT2D eigenvalue weighted by molar-refractivity contribution is -0.120. The highest BCUT2D eigenvalue weighted by Gasteiger charge is 2.21. The number of thioether (sulfide) groups is 1. The zero-order chi connectivity index (χ0) is 23.8. The number of amides is 1. The van der Waals surface area contributed by atoms with E-state index < -0.39 is 0 Å². The van der Waals surface area contributed by atoms with Gasteiger partial charge in [0.2, 0.25) is 5.91 Å². The molecule has 174 valence electrons. The van der Waals surface area contributed by atoms with Gasteiger partial charge in [-0.3, -0.25) is 9.36 Å². The SMILES string of the molecule is C=CCNC(=O)C(C)Sc1nnc(COc2ccc(OCC)cc2)n1-c1ccc(C)c(Cl)c1. The van der Waals surface area contributed by atoms with E-state index in [1.165, 1.54) is 11.8 Å². The van der Waals surface area contributed by atoms with Gasteiger partial charge in [0, 0.05) is 11.6 Å². The maximum Gasteiger partial charge on any atom is 0.233 e. The molecule has 0 aliphatic heterocycles. The number of hydrogen-bond acceptors (Lipinski definition) is 6. The van der Waals surface area contributed by atoms with Gasteiger partial charge < -0.3 is 14.8 Å². The Balaban J connectivity index is 1.85. The normalized spacial score (nSPS) is 11.6. The van der Waals surface area contributed by atoms with Crippen molar-refractivity contribution in [2.24, 2.45) is 0 Å². The second-order valence-corrected chi connectivity index (χ2v) is 8.87. The lowest BCUT2D eigenvalue weighted by Gasteiger charge is -2.14. The van der Waals surface area contributed by atoms with Crippen molar-refractivity contribution in [2.45, 2.75) is 37.8 Å². The second-order valence-electron chi connectivity index (χ2n) is 7.15. The van der Waals surface area contributed by atoms with Gasteiger partial charge in [-0.2, -0.15) is 0 Å². The average Bonchev–Trinajstić information content (AvgIpc) is 3.21. The zero-order valence-corrected chi connectivity index (χ0v) is 20.4. The van der Waals surface area contributed by atoms with Crippen molar-refractivity contribution in [1.29, 1.82) is 0 Å². The minimum Gasteiger partial charge on any atom is -0.494 e. The summed E-state index contributed by atoms with van der Waals surface area (Å²) in [5, 5.41) is 12.3. The second kappa shape index (κ2) is 11.8. The minimum atomic E-state index is -0.381. The number of hydrogen-bond donors (Lipinski definition) is 1. The van der Waals surface area contributed by atoms with Gasteiger partial charge in [-0.05, 0) is 62.7 Å². The van der Waals surface area contributed by atoms with E-state index in [1.807, 2.05) is 67.8 Å². The number of halogens is 1. The molecule has 1 aromatic heterocycles. The Labute approximate surface area is 203 Å². The number of rotatable bonds is 11. The van der Waals surface area contributed by atoms with E-state index in [9.17, 15) is 4.79 Å². The number of carbonyl (C=O) groups is 1. The number of nitrogens with zero attached hydrogens (tertiary/aromatic N) is 3. The Morgan fingerprint density at radius 1 is 1.21 bits per heavy atom. The van der Waals surface area contributed by atoms with Crippen LogP contribution in [0.5, 0.6) is 11.5 Å². The summed E-state index contributed by atoms with van der Waals surface area (Å²) in [5.74, 6) is 1.94. The van der Waals surface area contributed by atoms with E-state index in [2.05, 4.69) is 22.1 Å². The molecule has 9 heteroatoms. The summed E-state index contributed by atoms with van der Waals surface area (Å²) in [7, 11) is 0. The molecule has 0 spiro atoms. The van der Waals surface area contributed by atoms with Crippen molar-refractivity contribution >= 4 is 29.3 Å². The maximum atomic E-state index is 12.4. The Hall–Kier alpha value is -2.97. The quantitative estimate of drug-likeness (QED) is 0.304. The number of benzene rings is 2. The van der Waals surface area contributed by atoms with Crippen molar-refractivity contribution in [2.75, 3.05) is 13.2 Å².